The van der Waals surface area contributed by atoms with Crippen LogP contribution in [-0.2, 0) is 6.42 Å². The van der Waals surface area contributed by atoms with Crippen LogP contribution in [0.2, 0.25) is 10.0 Å². The van der Waals surface area contributed by atoms with Gasteiger partial charge in [-0.3, -0.25) is 4.79 Å². The molecule has 27 heavy (non-hydrogen) atoms. The first kappa shape index (κ1) is 18.0. The quantitative estimate of drug-likeness (QED) is 0.598. The summed E-state index contributed by atoms with van der Waals surface area (Å²) in [5, 5.41) is 8.65. The molecule has 0 saturated carbocycles. The van der Waals surface area contributed by atoms with Crippen molar-refractivity contribution in [2.75, 3.05) is 5.32 Å². The van der Waals surface area contributed by atoms with Gasteiger partial charge in [0.25, 0.3) is 0 Å². The molecule has 138 valence electrons. The Balaban J connectivity index is 1.82. The van der Waals surface area contributed by atoms with E-state index in [1.807, 2.05) is 6.92 Å². The Morgan fingerprint density at radius 1 is 1.11 bits per heavy atom. The van der Waals surface area contributed by atoms with Crippen molar-refractivity contribution < 1.29 is 9.18 Å². The number of nitrogens with one attached hydrogen (secondary N) is 1. The van der Waals surface area contributed by atoms with Crippen molar-refractivity contribution in [3.05, 3.63) is 69.6 Å². The second kappa shape index (κ2) is 6.98. The van der Waals surface area contributed by atoms with Crippen molar-refractivity contribution in [3.63, 3.8) is 0 Å². The Kier molecular flexibility index (Phi) is 4.66. The molecule has 1 unspecified atom stereocenters. The van der Waals surface area contributed by atoms with E-state index in [0.717, 1.165) is 5.69 Å². The summed E-state index contributed by atoms with van der Waals surface area (Å²) in [5.74, 6) is 0.404. The second-order valence-corrected chi connectivity index (χ2v) is 7.56. The minimum Gasteiger partial charge on any atom is -0.338 e. The molecule has 0 amide bonds. The lowest BCUT2D eigenvalue weighted by atomic mass is 9.87. The normalized spacial score (nSPS) is 16.3. The molecule has 0 fully saturated rings. The molecule has 4 rings (SSSR count). The molecule has 1 aromatic heterocycles. The molecule has 1 aliphatic rings. The number of hydrogen-bond donors (Lipinski definition) is 1. The zero-order valence-corrected chi connectivity index (χ0v) is 16.0. The van der Waals surface area contributed by atoms with Crippen molar-refractivity contribution in [2.24, 2.45) is 5.92 Å². The Morgan fingerprint density at radius 3 is 2.56 bits per heavy atom. The zero-order valence-electron chi connectivity index (χ0n) is 14.5. The molecule has 4 nitrogen and oxygen atoms in total. The van der Waals surface area contributed by atoms with Crippen LogP contribution in [0.4, 0.5) is 15.9 Å². The minimum absolute atomic E-state index is 0.0414. The average molecular weight is 404 g/mol. The van der Waals surface area contributed by atoms with Crippen LogP contribution < -0.4 is 5.32 Å². The molecule has 1 aliphatic carbocycles. The van der Waals surface area contributed by atoms with Crippen LogP contribution in [0.1, 0.15) is 29.4 Å². The molecule has 0 spiro atoms. The molecular weight excluding hydrogens is 388 g/mol. The predicted octanol–water partition coefficient (Wildman–Crippen LogP) is 5.83. The molecule has 1 atom stereocenters. The van der Waals surface area contributed by atoms with Crippen molar-refractivity contribution >= 4 is 40.5 Å². The van der Waals surface area contributed by atoms with Gasteiger partial charge in [0.2, 0.25) is 0 Å². The number of hydrogen-bond acceptors (Lipinski definition) is 3. The number of carbonyl (C=O) groups is 1. The lowest BCUT2D eigenvalue weighted by molar-refractivity contribution is 0.0953. The summed E-state index contributed by atoms with van der Waals surface area (Å²) in [7, 11) is 0. The van der Waals surface area contributed by atoms with Crippen molar-refractivity contribution in [3.8, 4) is 5.69 Å². The summed E-state index contributed by atoms with van der Waals surface area (Å²) in [6.45, 7) is 2.04. The van der Waals surface area contributed by atoms with E-state index in [0.29, 0.717) is 45.6 Å². The van der Waals surface area contributed by atoms with Gasteiger partial charge >= 0.3 is 0 Å². The standard InChI is InChI=1S/C20H16Cl2FN3O/c1-11-8-17-19(18(27)9-11)20(24-13-4-7-15(21)16(22)10-13)25-26(17)14-5-2-12(23)3-6-14/h2-7,10-11H,8-9H2,1H3,(H,24,25). The number of rotatable bonds is 3. The molecule has 7 heteroatoms. The van der Waals surface area contributed by atoms with Crippen LogP contribution in [0.5, 0.6) is 0 Å². The van der Waals surface area contributed by atoms with Crippen LogP contribution in [-0.4, -0.2) is 15.6 Å². The number of halogens is 3. The molecule has 0 radical (unpaired) electrons. The monoisotopic (exact) mass is 403 g/mol. The Labute approximate surface area is 165 Å². The highest BCUT2D eigenvalue weighted by Gasteiger charge is 2.31. The Morgan fingerprint density at radius 2 is 1.85 bits per heavy atom. The van der Waals surface area contributed by atoms with E-state index in [1.54, 1.807) is 35.0 Å². The third kappa shape index (κ3) is 3.45. The van der Waals surface area contributed by atoms with Crippen LogP contribution in [0.3, 0.4) is 0 Å². The number of nitrogens with zero attached hydrogens (tertiary/aromatic N) is 2. The maximum absolute atomic E-state index is 13.3. The fraction of sp³-hybridized carbons (Fsp3) is 0.200. The van der Waals surface area contributed by atoms with E-state index < -0.39 is 0 Å². The fourth-order valence-corrected chi connectivity index (χ4v) is 3.65. The van der Waals surface area contributed by atoms with Gasteiger partial charge in [-0.25, -0.2) is 9.07 Å². The van der Waals surface area contributed by atoms with Gasteiger partial charge in [0.15, 0.2) is 11.6 Å². The molecule has 2 aromatic carbocycles. The van der Waals surface area contributed by atoms with Crippen molar-refractivity contribution in [2.45, 2.75) is 19.8 Å². The molecule has 1 heterocycles. The Bertz CT molecular complexity index is 1030. The fourth-order valence-electron chi connectivity index (χ4n) is 3.35. The largest absolute Gasteiger partial charge is 0.338 e. The summed E-state index contributed by atoms with van der Waals surface area (Å²) in [5.41, 5.74) is 2.79. The maximum Gasteiger partial charge on any atom is 0.168 e. The number of anilines is 2. The number of benzene rings is 2. The average Bonchev–Trinajstić information content (AvgIpc) is 2.97. The summed E-state index contributed by atoms with van der Waals surface area (Å²) < 4.78 is 15.0. The van der Waals surface area contributed by atoms with E-state index >= 15 is 0 Å². The highest BCUT2D eigenvalue weighted by molar-refractivity contribution is 6.42. The number of aromatic nitrogens is 2. The second-order valence-electron chi connectivity index (χ2n) is 6.75. The van der Waals surface area contributed by atoms with Gasteiger partial charge < -0.3 is 5.32 Å². The highest BCUT2D eigenvalue weighted by atomic mass is 35.5. The van der Waals surface area contributed by atoms with Crippen molar-refractivity contribution in [1.82, 2.24) is 9.78 Å². The van der Waals surface area contributed by atoms with Gasteiger partial charge in [-0.05, 0) is 54.8 Å². The SMILES string of the molecule is CC1CC(=O)c2c(Nc3ccc(Cl)c(Cl)c3)nn(-c3ccc(F)cc3)c2C1. The summed E-state index contributed by atoms with van der Waals surface area (Å²) in [6, 6.07) is 11.2. The first-order valence-corrected chi connectivity index (χ1v) is 9.31. The van der Waals surface area contributed by atoms with E-state index in [9.17, 15) is 9.18 Å². The summed E-state index contributed by atoms with van der Waals surface area (Å²) in [6.07, 6.45) is 1.19. The van der Waals surface area contributed by atoms with Gasteiger partial charge in [-0.15, -0.1) is 5.10 Å². The molecule has 3 aromatic rings. The van der Waals surface area contributed by atoms with Crippen LogP contribution >= 0.6 is 23.2 Å². The van der Waals surface area contributed by atoms with E-state index in [2.05, 4.69) is 10.4 Å². The number of ketones is 1. The van der Waals surface area contributed by atoms with E-state index in [4.69, 9.17) is 23.2 Å². The molecule has 0 aliphatic heterocycles. The lowest BCUT2D eigenvalue weighted by Gasteiger charge is -2.19. The minimum atomic E-state index is -0.321. The summed E-state index contributed by atoms with van der Waals surface area (Å²) >= 11 is 12.1. The number of Topliss-reactive ketones (excluding diaryl/α,β-unsaturated/α-hetero) is 1. The van der Waals surface area contributed by atoms with E-state index in [1.165, 1.54) is 12.1 Å². The summed E-state index contributed by atoms with van der Waals surface area (Å²) in [4.78, 5) is 12.7. The van der Waals surface area contributed by atoms with Gasteiger partial charge in [0, 0.05) is 12.1 Å². The van der Waals surface area contributed by atoms with Crippen LogP contribution in [0, 0.1) is 11.7 Å². The number of fused-ring (bicyclic) bond motifs is 1. The first-order chi connectivity index (χ1) is 12.9. The molecule has 0 bridgehead atoms. The van der Waals surface area contributed by atoms with E-state index in [-0.39, 0.29) is 17.5 Å². The van der Waals surface area contributed by atoms with Gasteiger partial charge in [-0.1, -0.05) is 30.1 Å². The topological polar surface area (TPSA) is 46.9 Å². The zero-order chi connectivity index (χ0) is 19.1. The third-order valence-electron chi connectivity index (χ3n) is 4.59. The maximum atomic E-state index is 13.3. The first-order valence-electron chi connectivity index (χ1n) is 8.55. The number of carbonyl (C=O) groups excluding carboxylic acids is 1. The predicted molar refractivity (Wildman–Crippen MR) is 105 cm³/mol. The van der Waals surface area contributed by atoms with Crippen molar-refractivity contribution in [1.29, 1.82) is 0 Å². The smallest absolute Gasteiger partial charge is 0.168 e. The lowest BCUT2D eigenvalue weighted by Crippen LogP contribution is -2.19. The van der Waals surface area contributed by atoms with Gasteiger partial charge in [0.1, 0.15) is 5.82 Å². The molecular formula is C20H16Cl2FN3O. The van der Waals surface area contributed by atoms with Gasteiger partial charge in [0.05, 0.1) is 27.0 Å². The molecule has 0 saturated heterocycles. The molecule has 1 N–H and O–H groups in total. The van der Waals surface area contributed by atoms with Gasteiger partial charge in [-0.2, -0.15) is 0 Å². The third-order valence-corrected chi connectivity index (χ3v) is 5.33. The highest BCUT2D eigenvalue weighted by Crippen LogP contribution is 2.34. The van der Waals surface area contributed by atoms with Crippen LogP contribution in [0.15, 0.2) is 42.5 Å². The Hall–Kier alpha value is -2.37. The van der Waals surface area contributed by atoms with Crippen LogP contribution in [0.25, 0.3) is 5.69 Å².